The van der Waals surface area contributed by atoms with Gasteiger partial charge in [-0.05, 0) is 32.4 Å². The monoisotopic (exact) mass is 207 g/mol. The maximum absolute atomic E-state index is 11.4. The van der Waals surface area contributed by atoms with E-state index in [0.29, 0.717) is 6.54 Å². The number of benzene rings is 1. The van der Waals surface area contributed by atoms with Gasteiger partial charge in [0.1, 0.15) is 5.75 Å². The van der Waals surface area contributed by atoms with E-state index >= 15 is 0 Å². The molecule has 0 bridgehead atoms. The number of likely N-dealkylation sites (N-methyl/N-ethyl adjacent to an activating group) is 1. The van der Waals surface area contributed by atoms with Crippen LogP contribution in [0.2, 0.25) is 0 Å². The van der Waals surface area contributed by atoms with E-state index in [0.717, 1.165) is 11.3 Å². The molecule has 1 N–H and O–H groups in total. The average Bonchev–Trinajstić information content (AvgIpc) is 2.21. The number of carbonyl (C=O) groups excluding carboxylic acids is 1. The molecule has 15 heavy (non-hydrogen) atoms. The van der Waals surface area contributed by atoms with Crippen molar-refractivity contribution in [2.45, 2.75) is 26.9 Å². The summed E-state index contributed by atoms with van der Waals surface area (Å²) in [5.74, 6) is 0.678. The Kier molecular flexibility index (Phi) is 4.16. The molecule has 0 aliphatic heterocycles. The second kappa shape index (κ2) is 5.39. The van der Waals surface area contributed by atoms with E-state index in [9.17, 15) is 4.79 Å². The highest BCUT2D eigenvalue weighted by molar-refractivity contribution is 5.80. The van der Waals surface area contributed by atoms with Gasteiger partial charge in [-0.2, -0.15) is 0 Å². The number of para-hydroxylation sites is 1. The molecule has 3 heteroatoms. The van der Waals surface area contributed by atoms with Gasteiger partial charge in [0.15, 0.2) is 6.10 Å². The summed E-state index contributed by atoms with van der Waals surface area (Å²) >= 11 is 0. The molecule has 0 heterocycles. The predicted octanol–water partition coefficient (Wildman–Crippen LogP) is 1.90. The smallest absolute Gasteiger partial charge is 0.260 e. The molecule has 0 fully saturated rings. The molecule has 0 aliphatic carbocycles. The molecule has 0 radical (unpaired) electrons. The number of ether oxygens (including phenoxy) is 1. The molecule has 1 rings (SSSR count). The third-order valence-electron chi connectivity index (χ3n) is 2.12. The van der Waals surface area contributed by atoms with Crippen molar-refractivity contribution in [2.75, 3.05) is 6.54 Å². The number of carbonyl (C=O) groups is 1. The number of amides is 1. The lowest BCUT2D eigenvalue weighted by Gasteiger charge is -2.15. The third-order valence-corrected chi connectivity index (χ3v) is 2.12. The van der Waals surface area contributed by atoms with Crippen molar-refractivity contribution in [3.63, 3.8) is 0 Å². The zero-order chi connectivity index (χ0) is 11.3. The summed E-state index contributed by atoms with van der Waals surface area (Å²) in [7, 11) is 0. The maximum Gasteiger partial charge on any atom is 0.260 e. The molecule has 0 saturated carbocycles. The number of hydrogen-bond acceptors (Lipinski definition) is 2. The van der Waals surface area contributed by atoms with Crippen LogP contribution in [-0.2, 0) is 4.79 Å². The lowest BCUT2D eigenvalue weighted by Crippen LogP contribution is -2.36. The fourth-order valence-electron chi connectivity index (χ4n) is 1.25. The van der Waals surface area contributed by atoms with Gasteiger partial charge in [-0.25, -0.2) is 0 Å². The Morgan fingerprint density at radius 1 is 1.47 bits per heavy atom. The Hall–Kier alpha value is -1.51. The Labute approximate surface area is 90.4 Å². The second-order valence-corrected chi connectivity index (χ2v) is 3.42. The topological polar surface area (TPSA) is 38.3 Å². The minimum absolute atomic E-state index is 0.0826. The van der Waals surface area contributed by atoms with Crippen LogP contribution >= 0.6 is 0 Å². The largest absolute Gasteiger partial charge is 0.481 e. The lowest BCUT2D eigenvalue weighted by molar-refractivity contribution is -0.127. The van der Waals surface area contributed by atoms with Crippen molar-refractivity contribution >= 4 is 5.91 Å². The summed E-state index contributed by atoms with van der Waals surface area (Å²) in [6.07, 6.45) is -0.453. The van der Waals surface area contributed by atoms with Gasteiger partial charge in [0.2, 0.25) is 0 Å². The van der Waals surface area contributed by atoms with Crippen LogP contribution in [-0.4, -0.2) is 18.6 Å². The minimum atomic E-state index is -0.453. The Balaban J connectivity index is 2.62. The number of rotatable bonds is 4. The van der Waals surface area contributed by atoms with Crippen LogP contribution in [0.1, 0.15) is 19.4 Å². The van der Waals surface area contributed by atoms with Crippen LogP contribution in [0.5, 0.6) is 5.75 Å². The lowest BCUT2D eigenvalue weighted by atomic mass is 10.2. The highest BCUT2D eigenvalue weighted by Gasteiger charge is 2.13. The van der Waals surface area contributed by atoms with Gasteiger partial charge in [0, 0.05) is 6.54 Å². The highest BCUT2D eigenvalue weighted by atomic mass is 16.5. The molecule has 3 nitrogen and oxygen atoms in total. The van der Waals surface area contributed by atoms with Crippen LogP contribution in [0.15, 0.2) is 24.3 Å². The van der Waals surface area contributed by atoms with E-state index in [-0.39, 0.29) is 5.91 Å². The molecule has 1 amide bonds. The first-order chi connectivity index (χ1) is 7.15. The maximum atomic E-state index is 11.4. The van der Waals surface area contributed by atoms with Gasteiger partial charge < -0.3 is 10.1 Å². The zero-order valence-corrected chi connectivity index (χ0v) is 9.41. The standard InChI is InChI=1S/C12H17NO2/c1-4-13-12(14)10(3)15-11-8-6-5-7-9(11)2/h5-8,10H,4H2,1-3H3,(H,13,14)/t10-/m1/s1. The SMILES string of the molecule is CCNC(=O)[C@@H](C)Oc1ccccc1C. The fourth-order valence-corrected chi connectivity index (χ4v) is 1.25. The van der Waals surface area contributed by atoms with Crippen LogP contribution in [0, 0.1) is 6.92 Å². The molecule has 82 valence electrons. The van der Waals surface area contributed by atoms with Crippen molar-refractivity contribution in [2.24, 2.45) is 0 Å². The summed E-state index contributed by atoms with van der Waals surface area (Å²) in [6.45, 7) is 6.22. The van der Waals surface area contributed by atoms with Crippen LogP contribution in [0.4, 0.5) is 0 Å². The van der Waals surface area contributed by atoms with Crippen molar-refractivity contribution in [1.82, 2.24) is 5.32 Å². The molecule has 1 aromatic rings. The van der Waals surface area contributed by atoms with Crippen LogP contribution in [0.3, 0.4) is 0 Å². The van der Waals surface area contributed by atoms with Gasteiger partial charge in [0.05, 0.1) is 0 Å². The van der Waals surface area contributed by atoms with Gasteiger partial charge in [-0.1, -0.05) is 18.2 Å². The molecular formula is C12H17NO2. The molecule has 0 spiro atoms. The first-order valence-corrected chi connectivity index (χ1v) is 5.15. The summed E-state index contributed by atoms with van der Waals surface area (Å²) in [5.41, 5.74) is 1.04. The summed E-state index contributed by atoms with van der Waals surface area (Å²) in [6, 6.07) is 7.66. The summed E-state index contributed by atoms with van der Waals surface area (Å²) in [4.78, 5) is 11.4. The van der Waals surface area contributed by atoms with Gasteiger partial charge in [0.25, 0.3) is 5.91 Å². The van der Waals surface area contributed by atoms with Crippen molar-refractivity contribution in [3.05, 3.63) is 29.8 Å². The van der Waals surface area contributed by atoms with Crippen molar-refractivity contribution in [3.8, 4) is 5.75 Å². The molecule has 1 atom stereocenters. The Bertz CT molecular complexity index is 336. The first kappa shape index (κ1) is 11.6. The predicted molar refractivity (Wildman–Crippen MR) is 60.0 cm³/mol. The zero-order valence-electron chi connectivity index (χ0n) is 9.41. The van der Waals surface area contributed by atoms with Crippen molar-refractivity contribution in [1.29, 1.82) is 0 Å². The minimum Gasteiger partial charge on any atom is -0.481 e. The van der Waals surface area contributed by atoms with E-state index in [1.54, 1.807) is 6.92 Å². The molecule has 0 unspecified atom stereocenters. The third kappa shape index (κ3) is 3.27. The number of hydrogen-bond donors (Lipinski definition) is 1. The second-order valence-electron chi connectivity index (χ2n) is 3.42. The molecular weight excluding hydrogens is 190 g/mol. The quantitative estimate of drug-likeness (QED) is 0.819. The number of nitrogens with one attached hydrogen (secondary N) is 1. The Morgan fingerprint density at radius 2 is 2.13 bits per heavy atom. The van der Waals surface area contributed by atoms with Crippen LogP contribution in [0.25, 0.3) is 0 Å². The first-order valence-electron chi connectivity index (χ1n) is 5.15. The highest BCUT2D eigenvalue weighted by Crippen LogP contribution is 2.17. The van der Waals surface area contributed by atoms with Gasteiger partial charge >= 0.3 is 0 Å². The summed E-state index contributed by atoms with van der Waals surface area (Å²) < 4.78 is 5.55. The van der Waals surface area contributed by atoms with E-state index < -0.39 is 6.10 Å². The van der Waals surface area contributed by atoms with Crippen LogP contribution < -0.4 is 10.1 Å². The summed E-state index contributed by atoms with van der Waals surface area (Å²) in [5, 5.41) is 2.72. The van der Waals surface area contributed by atoms with Crippen molar-refractivity contribution < 1.29 is 9.53 Å². The Morgan fingerprint density at radius 3 is 2.73 bits per heavy atom. The van der Waals surface area contributed by atoms with E-state index in [4.69, 9.17) is 4.74 Å². The van der Waals surface area contributed by atoms with E-state index in [2.05, 4.69) is 5.32 Å². The molecule has 0 aliphatic rings. The van der Waals surface area contributed by atoms with E-state index in [1.807, 2.05) is 38.1 Å². The molecule has 0 aromatic heterocycles. The molecule has 0 saturated heterocycles. The van der Waals surface area contributed by atoms with Gasteiger partial charge in [-0.3, -0.25) is 4.79 Å². The van der Waals surface area contributed by atoms with Gasteiger partial charge in [-0.15, -0.1) is 0 Å². The normalized spacial score (nSPS) is 11.9. The fraction of sp³-hybridized carbons (Fsp3) is 0.417. The molecule has 1 aromatic carbocycles. The number of aryl methyl sites for hydroxylation is 1. The van der Waals surface area contributed by atoms with E-state index in [1.165, 1.54) is 0 Å². The average molecular weight is 207 g/mol.